The number of benzene rings is 3. The standard InChI is InChI=1S/C25H25NO2/c1-19-7-5-6-10-23(19)25(27)22-13-11-21(12-14-22)24-18-26(15-16-28-24)17-20-8-3-2-4-9-20/h2-14,24H,15-18H2,1H3. The van der Waals surface area contributed by atoms with Gasteiger partial charge in [0, 0.05) is 30.8 Å². The first-order valence-electron chi connectivity index (χ1n) is 9.79. The van der Waals surface area contributed by atoms with Gasteiger partial charge >= 0.3 is 0 Å². The van der Waals surface area contributed by atoms with Crippen LogP contribution in [-0.2, 0) is 11.3 Å². The lowest BCUT2D eigenvalue weighted by atomic mass is 9.97. The van der Waals surface area contributed by atoms with Gasteiger partial charge < -0.3 is 4.74 Å². The van der Waals surface area contributed by atoms with E-state index in [2.05, 4.69) is 29.2 Å². The summed E-state index contributed by atoms with van der Waals surface area (Å²) in [5.74, 6) is 0.0694. The van der Waals surface area contributed by atoms with Crippen LogP contribution in [0.5, 0.6) is 0 Å². The molecule has 1 atom stereocenters. The van der Waals surface area contributed by atoms with Crippen molar-refractivity contribution in [3.05, 3.63) is 107 Å². The molecule has 3 aromatic carbocycles. The van der Waals surface area contributed by atoms with Crippen molar-refractivity contribution in [3.63, 3.8) is 0 Å². The van der Waals surface area contributed by atoms with Crippen LogP contribution in [0, 0.1) is 6.92 Å². The Labute approximate surface area is 166 Å². The van der Waals surface area contributed by atoms with Crippen LogP contribution >= 0.6 is 0 Å². The molecule has 1 aliphatic heterocycles. The fraction of sp³-hybridized carbons (Fsp3) is 0.240. The molecule has 0 radical (unpaired) electrons. The minimum atomic E-state index is 0.0417. The molecule has 1 heterocycles. The highest BCUT2D eigenvalue weighted by Gasteiger charge is 2.22. The lowest BCUT2D eigenvalue weighted by molar-refractivity contribution is -0.0329. The van der Waals surface area contributed by atoms with E-state index in [1.54, 1.807) is 0 Å². The van der Waals surface area contributed by atoms with Gasteiger partial charge in [-0.1, -0.05) is 78.9 Å². The Morgan fingerprint density at radius 3 is 2.43 bits per heavy atom. The van der Waals surface area contributed by atoms with Gasteiger partial charge in [-0.2, -0.15) is 0 Å². The lowest BCUT2D eigenvalue weighted by Crippen LogP contribution is -2.37. The SMILES string of the molecule is Cc1ccccc1C(=O)c1ccc(C2CN(Cc3ccccc3)CCO2)cc1. The van der Waals surface area contributed by atoms with Crippen molar-refractivity contribution in [1.29, 1.82) is 0 Å². The minimum Gasteiger partial charge on any atom is -0.371 e. The van der Waals surface area contributed by atoms with E-state index < -0.39 is 0 Å². The Morgan fingerprint density at radius 2 is 1.68 bits per heavy atom. The normalized spacial score (nSPS) is 17.4. The molecule has 0 amide bonds. The van der Waals surface area contributed by atoms with Crippen LogP contribution in [0.2, 0.25) is 0 Å². The van der Waals surface area contributed by atoms with Crippen LogP contribution in [0.25, 0.3) is 0 Å². The zero-order chi connectivity index (χ0) is 19.3. The second-order valence-corrected chi connectivity index (χ2v) is 7.35. The maximum absolute atomic E-state index is 12.8. The smallest absolute Gasteiger partial charge is 0.193 e. The molecule has 1 unspecified atom stereocenters. The number of ketones is 1. The number of nitrogens with zero attached hydrogens (tertiary/aromatic N) is 1. The number of rotatable bonds is 5. The molecule has 0 spiro atoms. The van der Waals surface area contributed by atoms with Gasteiger partial charge in [0.1, 0.15) is 0 Å². The van der Waals surface area contributed by atoms with E-state index in [4.69, 9.17) is 4.74 Å². The van der Waals surface area contributed by atoms with E-state index in [1.165, 1.54) is 5.56 Å². The van der Waals surface area contributed by atoms with Gasteiger partial charge in [0.15, 0.2) is 5.78 Å². The summed E-state index contributed by atoms with van der Waals surface area (Å²) in [4.78, 5) is 15.2. The lowest BCUT2D eigenvalue weighted by Gasteiger charge is -2.33. The molecule has 3 heteroatoms. The van der Waals surface area contributed by atoms with E-state index >= 15 is 0 Å². The number of ether oxygens (including phenoxy) is 1. The zero-order valence-electron chi connectivity index (χ0n) is 16.2. The maximum Gasteiger partial charge on any atom is 0.193 e. The second kappa shape index (κ2) is 8.51. The summed E-state index contributed by atoms with van der Waals surface area (Å²) in [6, 6.07) is 26.2. The average Bonchev–Trinajstić information content (AvgIpc) is 2.75. The van der Waals surface area contributed by atoms with Gasteiger partial charge in [-0.15, -0.1) is 0 Å². The maximum atomic E-state index is 12.8. The molecule has 1 saturated heterocycles. The number of morpholine rings is 1. The molecule has 3 aromatic rings. The van der Waals surface area contributed by atoms with Gasteiger partial charge in [-0.3, -0.25) is 9.69 Å². The number of hydrogen-bond donors (Lipinski definition) is 0. The zero-order valence-corrected chi connectivity index (χ0v) is 16.2. The van der Waals surface area contributed by atoms with Crippen LogP contribution in [0.1, 0.15) is 38.7 Å². The molecule has 1 aliphatic rings. The Bertz CT molecular complexity index is 934. The van der Waals surface area contributed by atoms with Crippen molar-refractivity contribution >= 4 is 5.78 Å². The predicted octanol–water partition coefficient (Wildman–Crippen LogP) is 4.80. The number of carbonyl (C=O) groups excluding carboxylic acids is 1. The van der Waals surface area contributed by atoms with E-state index in [1.807, 2.05) is 61.5 Å². The third-order valence-electron chi connectivity index (χ3n) is 5.33. The average molecular weight is 371 g/mol. The molecule has 0 aliphatic carbocycles. The van der Waals surface area contributed by atoms with Crippen molar-refractivity contribution in [2.24, 2.45) is 0 Å². The van der Waals surface area contributed by atoms with Crippen LogP contribution in [-0.4, -0.2) is 30.4 Å². The Balaban J connectivity index is 1.45. The third kappa shape index (κ3) is 4.22. The van der Waals surface area contributed by atoms with E-state index in [0.717, 1.165) is 48.5 Å². The molecule has 0 N–H and O–H groups in total. The summed E-state index contributed by atoms with van der Waals surface area (Å²) < 4.78 is 6.01. The summed E-state index contributed by atoms with van der Waals surface area (Å²) in [5.41, 5.74) is 4.93. The van der Waals surface area contributed by atoms with Gasteiger partial charge in [-0.05, 0) is 23.6 Å². The number of aryl methyl sites for hydroxylation is 1. The highest BCUT2D eigenvalue weighted by molar-refractivity contribution is 6.09. The van der Waals surface area contributed by atoms with Gasteiger partial charge in [-0.25, -0.2) is 0 Å². The summed E-state index contributed by atoms with van der Waals surface area (Å²) in [6.45, 7) is 5.43. The van der Waals surface area contributed by atoms with Gasteiger partial charge in [0.25, 0.3) is 0 Å². The van der Waals surface area contributed by atoms with E-state index in [-0.39, 0.29) is 11.9 Å². The van der Waals surface area contributed by atoms with Gasteiger partial charge in [0.2, 0.25) is 0 Å². The highest BCUT2D eigenvalue weighted by Crippen LogP contribution is 2.24. The first-order chi connectivity index (χ1) is 13.7. The summed E-state index contributed by atoms with van der Waals surface area (Å²) in [5, 5.41) is 0. The summed E-state index contributed by atoms with van der Waals surface area (Å²) >= 11 is 0. The summed E-state index contributed by atoms with van der Waals surface area (Å²) in [6.07, 6.45) is 0.0417. The Hall–Kier alpha value is -2.75. The van der Waals surface area contributed by atoms with E-state index in [0.29, 0.717) is 0 Å². The molecule has 0 saturated carbocycles. The van der Waals surface area contributed by atoms with E-state index in [9.17, 15) is 4.79 Å². The number of carbonyl (C=O) groups is 1. The van der Waals surface area contributed by atoms with Crippen molar-refractivity contribution in [2.75, 3.05) is 19.7 Å². The fourth-order valence-corrected chi connectivity index (χ4v) is 3.72. The first kappa shape index (κ1) is 18.6. The molecule has 1 fully saturated rings. The molecule has 28 heavy (non-hydrogen) atoms. The largest absolute Gasteiger partial charge is 0.371 e. The molecular weight excluding hydrogens is 346 g/mol. The predicted molar refractivity (Wildman–Crippen MR) is 111 cm³/mol. The van der Waals surface area contributed by atoms with Crippen molar-refractivity contribution in [3.8, 4) is 0 Å². The summed E-state index contributed by atoms with van der Waals surface area (Å²) in [7, 11) is 0. The highest BCUT2D eigenvalue weighted by atomic mass is 16.5. The van der Waals surface area contributed by atoms with Crippen molar-refractivity contribution in [1.82, 2.24) is 4.90 Å². The van der Waals surface area contributed by atoms with Crippen LogP contribution in [0.3, 0.4) is 0 Å². The molecule has 0 aromatic heterocycles. The second-order valence-electron chi connectivity index (χ2n) is 7.35. The van der Waals surface area contributed by atoms with Crippen LogP contribution < -0.4 is 0 Å². The fourth-order valence-electron chi connectivity index (χ4n) is 3.72. The quantitative estimate of drug-likeness (QED) is 0.604. The molecule has 3 nitrogen and oxygen atoms in total. The van der Waals surface area contributed by atoms with Crippen molar-refractivity contribution in [2.45, 2.75) is 19.6 Å². The molecular formula is C25H25NO2. The first-order valence-corrected chi connectivity index (χ1v) is 9.79. The van der Waals surface area contributed by atoms with Crippen LogP contribution in [0.15, 0.2) is 78.9 Å². The topological polar surface area (TPSA) is 29.5 Å². The monoisotopic (exact) mass is 371 g/mol. The number of hydrogen-bond acceptors (Lipinski definition) is 3. The molecule has 142 valence electrons. The molecule has 4 rings (SSSR count). The van der Waals surface area contributed by atoms with Gasteiger partial charge in [0.05, 0.1) is 12.7 Å². The van der Waals surface area contributed by atoms with Crippen molar-refractivity contribution < 1.29 is 9.53 Å². The minimum absolute atomic E-state index is 0.0417. The van der Waals surface area contributed by atoms with Crippen LogP contribution in [0.4, 0.5) is 0 Å². The Morgan fingerprint density at radius 1 is 0.964 bits per heavy atom. The Kier molecular flexibility index (Phi) is 5.65. The molecule has 0 bridgehead atoms. The third-order valence-corrected chi connectivity index (χ3v) is 5.33.